The van der Waals surface area contributed by atoms with Crippen molar-refractivity contribution in [1.82, 2.24) is 4.57 Å². The molecule has 202 valence electrons. The lowest BCUT2D eigenvalue weighted by Crippen LogP contribution is -2.10. The number of thiophene rings is 1. The summed E-state index contributed by atoms with van der Waals surface area (Å²) in [6.45, 7) is 0. The van der Waals surface area contributed by atoms with Crippen LogP contribution in [0.5, 0.6) is 0 Å². The Labute approximate surface area is 253 Å². The lowest BCUT2D eigenvalue weighted by molar-refractivity contribution is 1.19. The van der Waals surface area contributed by atoms with Crippen LogP contribution < -0.4 is 4.90 Å². The number of benzene rings is 7. The van der Waals surface area contributed by atoms with Crippen molar-refractivity contribution in [2.75, 3.05) is 4.90 Å². The molecule has 0 bridgehead atoms. The van der Waals surface area contributed by atoms with Gasteiger partial charge in [-0.15, -0.1) is 11.3 Å². The lowest BCUT2D eigenvalue weighted by atomic mass is 10.1. The Morgan fingerprint density at radius 1 is 0.442 bits per heavy atom. The molecule has 0 radical (unpaired) electrons. The molecular weight excluding hydrogens is 541 g/mol. The van der Waals surface area contributed by atoms with Crippen molar-refractivity contribution in [3.05, 3.63) is 158 Å². The van der Waals surface area contributed by atoms with Gasteiger partial charge in [-0.05, 0) is 53.9 Å². The average Bonchev–Trinajstić information content (AvgIpc) is 3.62. The molecule has 3 heteroatoms. The van der Waals surface area contributed by atoms with Crippen LogP contribution >= 0.6 is 11.3 Å². The molecule has 0 aliphatic carbocycles. The van der Waals surface area contributed by atoms with E-state index in [2.05, 4.69) is 167 Å². The molecule has 2 heterocycles. The minimum atomic E-state index is 1.13. The van der Waals surface area contributed by atoms with Crippen molar-refractivity contribution >= 4 is 81.1 Å². The molecule has 7 aromatic carbocycles. The van der Waals surface area contributed by atoms with Gasteiger partial charge < -0.3 is 9.47 Å². The molecule has 0 spiro atoms. The number of para-hydroxylation sites is 3. The molecule has 0 N–H and O–H groups in total. The third-order valence-corrected chi connectivity index (χ3v) is 9.73. The predicted octanol–water partition coefficient (Wildman–Crippen LogP) is 11.8. The molecule has 0 amide bonds. The van der Waals surface area contributed by atoms with Crippen molar-refractivity contribution in [2.24, 2.45) is 0 Å². The molecule has 9 aromatic rings. The molecule has 0 saturated carbocycles. The smallest absolute Gasteiger partial charge is 0.0720 e. The van der Waals surface area contributed by atoms with E-state index in [0.717, 1.165) is 17.1 Å². The zero-order valence-corrected chi connectivity index (χ0v) is 24.1. The molecule has 2 nitrogen and oxygen atoms in total. The van der Waals surface area contributed by atoms with E-state index in [1.54, 1.807) is 0 Å². The number of hydrogen-bond acceptors (Lipinski definition) is 2. The summed E-state index contributed by atoms with van der Waals surface area (Å²) in [7, 11) is 0. The molecule has 0 atom stereocenters. The van der Waals surface area contributed by atoms with Gasteiger partial charge in [0.2, 0.25) is 0 Å². The first-order valence-electron chi connectivity index (χ1n) is 14.6. The topological polar surface area (TPSA) is 8.17 Å². The summed E-state index contributed by atoms with van der Waals surface area (Å²) >= 11 is 1.89. The number of nitrogens with zero attached hydrogens (tertiary/aromatic N) is 2. The zero-order chi connectivity index (χ0) is 28.3. The molecule has 0 aliphatic heterocycles. The van der Waals surface area contributed by atoms with Crippen LogP contribution in [0.4, 0.5) is 17.1 Å². The Kier molecular flexibility index (Phi) is 5.40. The van der Waals surface area contributed by atoms with Gasteiger partial charge in [-0.2, -0.15) is 0 Å². The molecule has 43 heavy (non-hydrogen) atoms. The third-order valence-electron chi connectivity index (χ3n) is 8.53. The number of aromatic nitrogens is 1. The van der Waals surface area contributed by atoms with E-state index in [1.165, 1.54) is 58.4 Å². The maximum Gasteiger partial charge on any atom is 0.0720 e. The Balaban J connectivity index is 1.43. The van der Waals surface area contributed by atoms with Crippen LogP contribution in [0.15, 0.2) is 158 Å². The van der Waals surface area contributed by atoms with Gasteiger partial charge in [0.1, 0.15) is 0 Å². The summed E-state index contributed by atoms with van der Waals surface area (Å²) in [5.74, 6) is 0. The third kappa shape index (κ3) is 3.72. The zero-order valence-electron chi connectivity index (χ0n) is 23.3. The van der Waals surface area contributed by atoms with Crippen molar-refractivity contribution < 1.29 is 0 Å². The standard InChI is InChI=1S/C40H26N2S/c1-3-14-28(15-4-1)41(29-16-5-2-6-17-29)30-25-27-13-7-8-18-31(27)37(26-30)42-36-21-11-9-19-32(36)34-23-24-35-33-20-10-12-22-38(33)43-40(35)39(34)42/h1-26H. The Hall–Kier alpha value is -5.38. The quantitative estimate of drug-likeness (QED) is 0.206. The van der Waals surface area contributed by atoms with Crippen LogP contribution in [0.3, 0.4) is 0 Å². The Morgan fingerprint density at radius 2 is 1.05 bits per heavy atom. The van der Waals surface area contributed by atoms with Crippen LogP contribution in [0, 0.1) is 0 Å². The van der Waals surface area contributed by atoms with E-state index < -0.39 is 0 Å². The fourth-order valence-corrected chi connectivity index (χ4v) is 7.91. The Bertz CT molecular complexity index is 2410. The molecule has 0 unspecified atom stereocenters. The van der Waals surface area contributed by atoms with Crippen molar-refractivity contribution in [3.8, 4) is 5.69 Å². The number of rotatable bonds is 4. The molecule has 0 fully saturated rings. The van der Waals surface area contributed by atoms with E-state index in [-0.39, 0.29) is 0 Å². The van der Waals surface area contributed by atoms with Gasteiger partial charge >= 0.3 is 0 Å². The van der Waals surface area contributed by atoms with Gasteiger partial charge in [-0.1, -0.05) is 109 Å². The highest BCUT2D eigenvalue weighted by atomic mass is 32.1. The van der Waals surface area contributed by atoms with E-state index in [9.17, 15) is 0 Å². The summed E-state index contributed by atoms with van der Waals surface area (Å²) in [4.78, 5) is 2.36. The van der Waals surface area contributed by atoms with Gasteiger partial charge in [0.15, 0.2) is 0 Å². The van der Waals surface area contributed by atoms with Crippen LogP contribution in [-0.2, 0) is 0 Å². The molecular formula is C40H26N2S. The van der Waals surface area contributed by atoms with E-state index in [0.29, 0.717) is 0 Å². The summed E-state index contributed by atoms with van der Waals surface area (Å²) in [6, 6.07) is 57.1. The molecule has 9 rings (SSSR count). The number of fused-ring (bicyclic) bond motifs is 8. The lowest BCUT2D eigenvalue weighted by Gasteiger charge is -2.27. The second-order valence-electron chi connectivity index (χ2n) is 11.0. The van der Waals surface area contributed by atoms with Crippen molar-refractivity contribution in [3.63, 3.8) is 0 Å². The van der Waals surface area contributed by atoms with Gasteiger partial charge in [0, 0.05) is 48.7 Å². The van der Waals surface area contributed by atoms with E-state index in [4.69, 9.17) is 0 Å². The van der Waals surface area contributed by atoms with E-state index >= 15 is 0 Å². The summed E-state index contributed by atoms with van der Waals surface area (Å²) in [6.07, 6.45) is 0. The first-order chi connectivity index (χ1) is 21.3. The minimum absolute atomic E-state index is 1.13. The highest BCUT2D eigenvalue weighted by molar-refractivity contribution is 7.26. The maximum absolute atomic E-state index is 2.52. The monoisotopic (exact) mass is 566 g/mol. The fourth-order valence-electron chi connectivity index (χ4n) is 6.67. The van der Waals surface area contributed by atoms with Crippen LogP contribution in [0.1, 0.15) is 0 Å². The van der Waals surface area contributed by atoms with Crippen LogP contribution in [-0.4, -0.2) is 4.57 Å². The summed E-state index contributed by atoms with van der Waals surface area (Å²) in [5.41, 5.74) is 7.05. The van der Waals surface area contributed by atoms with Gasteiger partial charge in [-0.3, -0.25) is 0 Å². The minimum Gasteiger partial charge on any atom is -0.310 e. The van der Waals surface area contributed by atoms with Gasteiger partial charge in [0.05, 0.1) is 21.4 Å². The van der Waals surface area contributed by atoms with Crippen LogP contribution in [0.25, 0.3) is 58.4 Å². The summed E-state index contributed by atoms with van der Waals surface area (Å²) in [5, 5.41) is 7.63. The second kappa shape index (κ2) is 9.59. The number of anilines is 3. The van der Waals surface area contributed by atoms with Gasteiger partial charge in [-0.25, -0.2) is 0 Å². The average molecular weight is 567 g/mol. The highest BCUT2D eigenvalue weighted by Gasteiger charge is 2.21. The van der Waals surface area contributed by atoms with Crippen molar-refractivity contribution in [2.45, 2.75) is 0 Å². The largest absolute Gasteiger partial charge is 0.310 e. The molecule has 0 aliphatic rings. The highest BCUT2D eigenvalue weighted by Crippen LogP contribution is 2.45. The fraction of sp³-hybridized carbons (Fsp3) is 0. The second-order valence-corrected chi connectivity index (χ2v) is 12.0. The van der Waals surface area contributed by atoms with Crippen LogP contribution in [0.2, 0.25) is 0 Å². The first-order valence-corrected chi connectivity index (χ1v) is 15.4. The Morgan fingerprint density at radius 3 is 1.81 bits per heavy atom. The van der Waals surface area contributed by atoms with Gasteiger partial charge in [0.25, 0.3) is 0 Å². The maximum atomic E-state index is 2.52. The molecule has 2 aromatic heterocycles. The van der Waals surface area contributed by atoms with Crippen molar-refractivity contribution in [1.29, 1.82) is 0 Å². The normalized spacial score (nSPS) is 11.7. The van der Waals surface area contributed by atoms with E-state index in [1.807, 2.05) is 11.3 Å². The first kappa shape index (κ1) is 24.2. The number of hydrogen-bond donors (Lipinski definition) is 0. The molecule has 0 saturated heterocycles. The SMILES string of the molecule is c1ccc(N(c2ccccc2)c2cc(-n3c4ccccc4c4ccc5c6ccccc6sc5c43)c3ccccc3c2)cc1. The summed E-state index contributed by atoms with van der Waals surface area (Å²) < 4.78 is 5.16. The predicted molar refractivity (Wildman–Crippen MR) is 186 cm³/mol.